The quantitative estimate of drug-likeness (QED) is 0.663. The molecule has 5 nitrogen and oxygen atoms in total. The molecule has 0 spiro atoms. The van der Waals surface area contributed by atoms with Gasteiger partial charge >= 0.3 is 7.12 Å². The molecule has 0 aliphatic carbocycles. The Balaban J connectivity index is 2.23. The van der Waals surface area contributed by atoms with Crippen molar-refractivity contribution < 1.29 is 9.31 Å². The Morgan fingerprint density at radius 2 is 1.71 bits per heavy atom. The van der Waals surface area contributed by atoms with Crippen molar-refractivity contribution >= 4 is 12.7 Å². The summed E-state index contributed by atoms with van der Waals surface area (Å²) in [4.78, 5) is 8.08. The number of hydrogen-bond donors (Lipinski definition) is 0. The molecule has 17 heavy (non-hydrogen) atoms. The van der Waals surface area contributed by atoms with Gasteiger partial charge in [-0.15, -0.1) is 0 Å². The van der Waals surface area contributed by atoms with E-state index >= 15 is 0 Å². The second-order valence-electron chi connectivity index (χ2n) is 5.03. The molecule has 0 N–H and O–H groups in total. The van der Waals surface area contributed by atoms with E-state index in [1.807, 2.05) is 33.8 Å². The zero-order chi connectivity index (χ0) is 12.7. The smallest absolute Gasteiger partial charge is 0.398 e. The van der Waals surface area contributed by atoms with Crippen LogP contribution < -0.4 is 5.59 Å². The van der Waals surface area contributed by atoms with Crippen molar-refractivity contribution in [1.82, 2.24) is 9.97 Å². The average Bonchev–Trinajstić information content (AvgIpc) is 2.48. The van der Waals surface area contributed by atoms with Gasteiger partial charge in [-0.3, -0.25) is 4.98 Å². The molecule has 0 saturated carbocycles. The van der Waals surface area contributed by atoms with E-state index in [0.717, 1.165) is 0 Å². The van der Waals surface area contributed by atoms with Crippen molar-refractivity contribution in [2.24, 2.45) is 0 Å². The molecule has 0 bridgehead atoms. The molecule has 1 aliphatic rings. The number of nitrogens with zero attached hydrogens (tertiary/aromatic N) is 3. The fraction of sp³-hybridized carbons (Fsp3) is 0.545. The van der Waals surface area contributed by atoms with Crippen molar-refractivity contribution in [2.75, 3.05) is 0 Å². The summed E-state index contributed by atoms with van der Waals surface area (Å²) in [6, 6.07) is 1.92. The summed E-state index contributed by atoms with van der Waals surface area (Å²) < 4.78 is 11.6. The van der Waals surface area contributed by atoms with E-state index in [2.05, 4.69) is 9.97 Å². The Kier molecular flexibility index (Phi) is 2.68. The van der Waals surface area contributed by atoms with Gasteiger partial charge in [0.15, 0.2) is 5.69 Å². The Bertz CT molecular complexity index is 449. The number of aromatic nitrogens is 2. The molecule has 1 aliphatic heterocycles. The third-order valence-corrected chi connectivity index (χ3v) is 3.28. The van der Waals surface area contributed by atoms with Crippen molar-refractivity contribution in [3.05, 3.63) is 18.1 Å². The predicted octanol–water partition coefficient (Wildman–Crippen LogP) is 0.647. The molecule has 2 rings (SSSR count). The molecule has 0 aromatic carbocycles. The average molecular weight is 231 g/mol. The van der Waals surface area contributed by atoms with E-state index in [1.54, 1.807) is 0 Å². The zero-order valence-corrected chi connectivity index (χ0v) is 10.4. The van der Waals surface area contributed by atoms with E-state index in [0.29, 0.717) is 5.59 Å². The Hall–Kier alpha value is -1.45. The van der Waals surface area contributed by atoms with Crippen molar-refractivity contribution in [2.45, 2.75) is 38.9 Å². The van der Waals surface area contributed by atoms with Gasteiger partial charge in [-0.1, -0.05) is 0 Å². The van der Waals surface area contributed by atoms with Crippen LogP contribution >= 0.6 is 0 Å². The highest BCUT2D eigenvalue weighted by Crippen LogP contribution is 2.36. The minimum Gasteiger partial charge on any atom is -0.398 e. The standard InChI is InChI=1S/C11H14BN3O2/c1-10(2)11(3,4)17-12(16-10)9-7-14-8(5-13)6-15-9/h6-7H,1-4H3. The molecule has 1 fully saturated rings. The SMILES string of the molecule is CC1(C)OB(c2cnc(C#N)cn2)OC1(C)C. The van der Waals surface area contributed by atoms with Crippen molar-refractivity contribution in [3.63, 3.8) is 0 Å². The summed E-state index contributed by atoms with van der Waals surface area (Å²) in [7, 11) is -0.528. The van der Waals surface area contributed by atoms with Crippen LogP contribution in [-0.2, 0) is 9.31 Å². The molecule has 0 radical (unpaired) electrons. The highest BCUT2D eigenvalue weighted by Gasteiger charge is 2.52. The largest absolute Gasteiger partial charge is 0.516 e. The van der Waals surface area contributed by atoms with E-state index in [-0.39, 0.29) is 5.69 Å². The summed E-state index contributed by atoms with van der Waals surface area (Å²) in [5, 5.41) is 8.64. The first-order valence-electron chi connectivity index (χ1n) is 5.43. The molecule has 0 amide bonds. The number of nitriles is 1. The maximum atomic E-state index is 8.64. The lowest BCUT2D eigenvalue weighted by Crippen LogP contribution is -2.41. The molecular formula is C11H14BN3O2. The minimum atomic E-state index is -0.528. The fourth-order valence-electron chi connectivity index (χ4n) is 1.48. The van der Waals surface area contributed by atoms with Gasteiger partial charge in [-0.2, -0.15) is 5.26 Å². The second-order valence-corrected chi connectivity index (χ2v) is 5.03. The minimum absolute atomic E-state index is 0.283. The maximum absolute atomic E-state index is 8.64. The maximum Gasteiger partial charge on any atom is 0.516 e. The van der Waals surface area contributed by atoms with Crippen LogP contribution in [0.25, 0.3) is 0 Å². The van der Waals surface area contributed by atoms with Crippen LogP contribution in [0.15, 0.2) is 12.4 Å². The fourth-order valence-corrected chi connectivity index (χ4v) is 1.48. The lowest BCUT2D eigenvalue weighted by atomic mass is 9.85. The van der Waals surface area contributed by atoms with Crippen LogP contribution in [0, 0.1) is 11.3 Å². The third kappa shape index (κ3) is 2.04. The topological polar surface area (TPSA) is 68.0 Å². The van der Waals surface area contributed by atoms with Gasteiger partial charge in [-0.05, 0) is 27.7 Å². The van der Waals surface area contributed by atoms with Crippen LogP contribution in [0.2, 0.25) is 0 Å². The first kappa shape index (κ1) is 12.0. The number of hydrogen-bond acceptors (Lipinski definition) is 5. The van der Waals surface area contributed by atoms with Gasteiger partial charge < -0.3 is 9.31 Å². The molecule has 0 atom stereocenters. The van der Waals surface area contributed by atoms with Crippen molar-refractivity contribution in [3.8, 4) is 6.07 Å². The van der Waals surface area contributed by atoms with Gasteiger partial charge in [0.25, 0.3) is 0 Å². The monoisotopic (exact) mass is 231 g/mol. The molecule has 1 saturated heterocycles. The van der Waals surface area contributed by atoms with Gasteiger partial charge in [0.1, 0.15) is 6.07 Å². The van der Waals surface area contributed by atoms with Crippen LogP contribution in [-0.4, -0.2) is 28.3 Å². The Labute approximate surface area is 101 Å². The van der Waals surface area contributed by atoms with E-state index < -0.39 is 18.3 Å². The summed E-state index contributed by atoms with van der Waals surface area (Å²) in [6.07, 6.45) is 2.93. The van der Waals surface area contributed by atoms with Gasteiger partial charge in [-0.25, -0.2) is 4.98 Å². The molecular weight excluding hydrogens is 217 g/mol. The molecule has 1 aromatic rings. The first-order chi connectivity index (χ1) is 7.86. The zero-order valence-electron chi connectivity index (χ0n) is 10.4. The highest BCUT2D eigenvalue weighted by atomic mass is 16.7. The Morgan fingerprint density at radius 3 is 2.12 bits per heavy atom. The normalized spacial score (nSPS) is 21.2. The second kappa shape index (κ2) is 3.79. The van der Waals surface area contributed by atoms with Gasteiger partial charge in [0.05, 0.1) is 23.0 Å². The van der Waals surface area contributed by atoms with E-state index in [9.17, 15) is 0 Å². The van der Waals surface area contributed by atoms with E-state index in [1.165, 1.54) is 12.4 Å². The summed E-state index contributed by atoms with van der Waals surface area (Å²) in [5.41, 5.74) is 0.0773. The molecule has 1 aromatic heterocycles. The molecule has 6 heteroatoms. The molecule has 88 valence electrons. The van der Waals surface area contributed by atoms with Crippen LogP contribution in [0.5, 0.6) is 0 Å². The first-order valence-corrected chi connectivity index (χ1v) is 5.43. The Morgan fingerprint density at radius 1 is 1.12 bits per heavy atom. The highest BCUT2D eigenvalue weighted by molar-refractivity contribution is 6.61. The summed E-state index contributed by atoms with van der Waals surface area (Å²) >= 11 is 0. The third-order valence-electron chi connectivity index (χ3n) is 3.28. The van der Waals surface area contributed by atoms with Crippen LogP contribution in [0.4, 0.5) is 0 Å². The van der Waals surface area contributed by atoms with Crippen molar-refractivity contribution in [1.29, 1.82) is 5.26 Å². The molecule has 2 heterocycles. The lowest BCUT2D eigenvalue weighted by molar-refractivity contribution is 0.00578. The van der Waals surface area contributed by atoms with Gasteiger partial charge in [0, 0.05) is 6.20 Å². The number of rotatable bonds is 1. The van der Waals surface area contributed by atoms with Crippen LogP contribution in [0.3, 0.4) is 0 Å². The van der Waals surface area contributed by atoms with Gasteiger partial charge in [0.2, 0.25) is 0 Å². The summed E-state index contributed by atoms with van der Waals surface area (Å²) in [5.74, 6) is 0. The summed E-state index contributed by atoms with van der Waals surface area (Å²) in [6.45, 7) is 7.91. The van der Waals surface area contributed by atoms with Crippen LogP contribution in [0.1, 0.15) is 33.4 Å². The lowest BCUT2D eigenvalue weighted by Gasteiger charge is -2.32. The predicted molar refractivity (Wildman–Crippen MR) is 62.5 cm³/mol. The molecule has 0 unspecified atom stereocenters. The van der Waals surface area contributed by atoms with E-state index in [4.69, 9.17) is 14.6 Å².